The van der Waals surface area contributed by atoms with Gasteiger partial charge in [0.1, 0.15) is 17.4 Å². The van der Waals surface area contributed by atoms with Crippen molar-refractivity contribution in [1.82, 2.24) is 0 Å². The van der Waals surface area contributed by atoms with Crippen LogP contribution in [-0.2, 0) is 4.79 Å². The first-order valence-electron chi connectivity index (χ1n) is 9.35. The Kier molecular flexibility index (Phi) is 9.93. The molecule has 0 spiro atoms. The average Bonchev–Trinajstić information content (AvgIpc) is 2.64. The molecule has 0 bridgehead atoms. The Morgan fingerprint density at radius 2 is 1.81 bits per heavy atom. The fraction of sp³-hybridized carbons (Fsp3) is 0.524. The number of unbranched alkanes of at least 4 members (excludes halogenated alkanes) is 4. The zero-order valence-electron chi connectivity index (χ0n) is 16.1. The molecule has 0 aliphatic rings. The highest BCUT2D eigenvalue weighted by molar-refractivity contribution is 5.97. The van der Waals surface area contributed by atoms with Crippen LogP contribution < -0.4 is 9.64 Å². The summed E-state index contributed by atoms with van der Waals surface area (Å²) in [6.45, 7) is 6.38. The van der Waals surface area contributed by atoms with E-state index in [0.29, 0.717) is 11.3 Å². The van der Waals surface area contributed by atoms with E-state index < -0.39 is 5.97 Å². The summed E-state index contributed by atoms with van der Waals surface area (Å²) in [5, 5.41) is 18.0. The first kappa shape index (κ1) is 21.6. The molecule has 1 aromatic carbocycles. The average molecular weight is 358 g/mol. The quantitative estimate of drug-likeness (QED) is 0.328. The van der Waals surface area contributed by atoms with Gasteiger partial charge in [0.05, 0.1) is 7.11 Å². The zero-order valence-corrected chi connectivity index (χ0v) is 16.1. The summed E-state index contributed by atoms with van der Waals surface area (Å²) in [6.07, 6.45) is 8.40. The second kappa shape index (κ2) is 12.0. The van der Waals surface area contributed by atoms with Crippen LogP contribution in [0.3, 0.4) is 0 Å². The number of nitrogens with zero attached hydrogens (tertiary/aromatic N) is 2. The minimum absolute atomic E-state index is 0.307. The highest BCUT2D eigenvalue weighted by Gasteiger charge is 2.12. The van der Waals surface area contributed by atoms with E-state index in [9.17, 15) is 4.79 Å². The molecule has 0 amide bonds. The molecule has 0 saturated heterocycles. The van der Waals surface area contributed by atoms with Crippen molar-refractivity contribution in [3.63, 3.8) is 0 Å². The predicted octanol–water partition coefficient (Wildman–Crippen LogP) is 4.87. The highest BCUT2D eigenvalue weighted by Crippen LogP contribution is 2.28. The van der Waals surface area contributed by atoms with Crippen LogP contribution in [0.15, 0.2) is 23.8 Å². The number of carboxylic acids is 1. The zero-order chi connectivity index (χ0) is 19.4. The van der Waals surface area contributed by atoms with Gasteiger partial charge in [-0.05, 0) is 31.1 Å². The van der Waals surface area contributed by atoms with Gasteiger partial charge in [-0.2, -0.15) is 5.26 Å². The number of aliphatic carboxylic acids is 1. The van der Waals surface area contributed by atoms with Crippen LogP contribution in [0.4, 0.5) is 5.69 Å². The molecule has 1 N–H and O–H groups in total. The van der Waals surface area contributed by atoms with Gasteiger partial charge in [-0.15, -0.1) is 0 Å². The summed E-state index contributed by atoms with van der Waals surface area (Å²) in [4.78, 5) is 13.4. The second-order valence-corrected chi connectivity index (χ2v) is 6.30. The minimum Gasteiger partial charge on any atom is -0.496 e. The SMILES string of the molecule is CCCCCN(CCCCC)c1ccc(/C=C(\C#N)C(=O)O)c(OC)c1. The normalized spacial score (nSPS) is 11.1. The molecule has 0 unspecified atom stereocenters. The molecular formula is C21H30N2O3. The number of benzene rings is 1. The van der Waals surface area contributed by atoms with Crippen molar-refractivity contribution < 1.29 is 14.6 Å². The van der Waals surface area contributed by atoms with Crippen LogP contribution in [0.5, 0.6) is 5.75 Å². The van der Waals surface area contributed by atoms with E-state index in [-0.39, 0.29) is 5.57 Å². The number of hydrogen-bond acceptors (Lipinski definition) is 4. The van der Waals surface area contributed by atoms with Gasteiger partial charge in [-0.25, -0.2) is 4.79 Å². The lowest BCUT2D eigenvalue weighted by Crippen LogP contribution is -2.25. The van der Waals surface area contributed by atoms with Crippen molar-refractivity contribution in [3.05, 3.63) is 29.3 Å². The Hall–Kier alpha value is -2.48. The van der Waals surface area contributed by atoms with Gasteiger partial charge in [0.2, 0.25) is 0 Å². The van der Waals surface area contributed by atoms with Crippen molar-refractivity contribution in [2.24, 2.45) is 0 Å². The smallest absolute Gasteiger partial charge is 0.346 e. The fourth-order valence-electron chi connectivity index (χ4n) is 2.79. The third-order valence-corrected chi connectivity index (χ3v) is 4.30. The number of hydrogen-bond donors (Lipinski definition) is 1. The molecule has 5 heteroatoms. The van der Waals surface area contributed by atoms with Crippen LogP contribution in [0.2, 0.25) is 0 Å². The van der Waals surface area contributed by atoms with Gasteiger partial charge in [-0.3, -0.25) is 0 Å². The molecule has 0 fully saturated rings. The lowest BCUT2D eigenvalue weighted by molar-refractivity contribution is -0.132. The molecule has 0 aromatic heterocycles. The maximum Gasteiger partial charge on any atom is 0.346 e. The van der Waals surface area contributed by atoms with Gasteiger partial charge in [-0.1, -0.05) is 39.5 Å². The van der Waals surface area contributed by atoms with Gasteiger partial charge in [0, 0.05) is 30.4 Å². The fourth-order valence-corrected chi connectivity index (χ4v) is 2.79. The molecule has 142 valence electrons. The highest BCUT2D eigenvalue weighted by atomic mass is 16.5. The Balaban J connectivity index is 3.08. The number of anilines is 1. The monoisotopic (exact) mass is 358 g/mol. The van der Waals surface area contributed by atoms with Crippen molar-refractivity contribution >= 4 is 17.7 Å². The molecular weight excluding hydrogens is 328 g/mol. The van der Waals surface area contributed by atoms with Gasteiger partial charge >= 0.3 is 5.97 Å². The van der Waals surface area contributed by atoms with E-state index in [1.807, 2.05) is 18.2 Å². The molecule has 0 atom stereocenters. The Labute approximate surface area is 156 Å². The number of methoxy groups -OCH3 is 1. The van der Waals surface area contributed by atoms with Gasteiger partial charge in [0.15, 0.2) is 0 Å². The predicted molar refractivity (Wildman–Crippen MR) is 105 cm³/mol. The number of nitriles is 1. The summed E-state index contributed by atoms with van der Waals surface area (Å²) < 4.78 is 5.44. The number of ether oxygens (including phenoxy) is 1. The van der Waals surface area contributed by atoms with Crippen LogP contribution in [0, 0.1) is 11.3 Å². The molecule has 26 heavy (non-hydrogen) atoms. The Morgan fingerprint density at radius 1 is 1.19 bits per heavy atom. The van der Waals surface area contributed by atoms with Crippen LogP contribution in [0.1, 0.15) is 57.9 Å². The van der Waals surface area contributed by atoms with E-state index in [1.165, 1.54) is 31.8 Å². The molecule has 0 saturated carbocycles. The second-order valence-electron chi connectivity index (χ2n) is 6.30. The summed E-state index contributed by atoms with van der Waals surface area (Å²) in [5.41, 5.74) is 1.36. The van der Waals surface area contributed by atoms with Gasteiger partial charge in [0.25, 0.3) is 0 Å². The van der Waals surface area contributed by atoms with Gasteiger partial charge < -0.3 is 14.7 Å². The molecule has 0 aliphatic carbocycles. The first-order chi connectivity index (χ1) is 12.6. The maximum atomic E-state index is 11.1. The summed E-state index contributed by atoms with van der Waals surface area (Å²) in [5.74, 6) is -0.660. The van der Waals surface area contributed by atoms with Crippen molar-refractivity contribution in [1.29, 1.82) is 5.26 Å². The van der Waals surface area contributed by atoms with Crippen LogP contribution >= 0.6 is 0 Å². The van der Waals surface area contributed by atoms with Crippen LogP contribution in [-0.4, -0.2) is 31.3 Å². The first-order valence-corrected chi connectivity index (χ1v) is 9.35. The third-order valence-electron chi connectivity index (χ3n) is 4.30. The lowest BCUT2D eigenvalue weighted by Gasteiger charge is -2.26. The van der Waals surface area contributed by atoms with Crippen LogP contribution in [0.25, 0.3) is 6.08 Å². The van der Waals surface area contributed by atoms with Crippen molar-refractivity contribution in [2.45, 2.75) is 52.4 Å². The molecule has 0 heterocycles. The minimum atomic E-state index is -1.24. The van der Waals surface area contributed by atoms with E-state index in [4.69, 9.17) is 15.1 Å². The Morgan fingerprint density at radius 3 is 2.27 bits per heavy atom. The van der Waals surface area contributed by atoms with E-state index >= 15 is 0 Å². The largest absolute Gasteiger partial charge is 0.496 e. The Bertz CT molecular complexity index is 637. The molecule has 5 nitrogen and oxygen atoms in total. The molecule has 1 rings (SSSR count). The maximum absolute atomic E-state index is 11.1. The van der Waals surface area contributed by atoms with E-state index in [1.54, 1.807) is 13.2 Å². The van der Waals surface area contributed by atoms with E-state index in [2.05, 4.69) is 18.7 Å². The molecule has 0 radical (unpaired) electrons. The molecule has 0 aliphatic heterocycles. The lowest BCUT2D eigenvalue weighted by atomic mass is 10.1. The number of carboxylic acid groups (broad SMARTS) is 1. The van der Waals surface area contributed by atoms with E-state index in [0.717, 1.165) is 31.6 Å². The summed E-state index contributed by atoms with van der Waals surface area (Å²) >= 11 is 0. The topological polar surface area (TPSA) is 73.6 Å². The number of rotatable bonds is 12. The summed E-state index contributed by atoms with van der Waals surface area (Å²) in [7, 11) is 1.56. The standard InChI is InChI=1S/C21H30N2O3/c1-4-6-8-12-23(13-9-7-5-2)19-11-10-17(20(15-19)26-3)14-18(16-22)21(24)25/h10-11,14-15H,4-9,12-13H2,1-3H3,(H,24,25)/b18-14+. The molecule has 1 aromatic rings. The third kappa shape index (κ3) is 6.79. The number of carbonyl (C=O) groups is 1. The summed E-state index contributed by atoms with van der Waals surface area (Å²) in [6, 6.07) is 7.43. The van der Waals surface area contributed by atoms with Crippen molar-refractivity contribution in [2.75, 3.05) is 25.1 Å². The van der Waals surface area contributed by atoms with Crippen molar-refractivity contribution in [3.8, 4) is 11.8 Å².